The van der Waals surface area contributed by atoms with Crippen molar-refractivity contribution in [3.8, 4) is 5.75 Å². The summed E-state index contributed by atoms with van der Waals surface area (Å²) < 4.78 is 10.8. The van der Waals surface area contributed by atoms with Crippen molar-refractivity contribution in [1.29, 1.82) is 0 Å². The molecule has 3 rings (SSSR count). The van der Waals surface area contributed by atoms with Crippen molar-refractivity contribution in [2.75, 3.05) is 6.61 Å². The molecule has 0 spiro atoms. The summed E-state index contributed by atoms with van der Waals surface area (Å²) in [6.45, 7) is 5.34. The molecule has 0 N–H and O–H groups in total. The number of rotatable bonds is 7. The van der Waals surface area contributed by atoms with Crippen molar-refractivity contribution in [2.45, 2.75) is 58.2 Å². The van der Waals surface area contributed by atoms with Crippen molar-refractivity contribution >= 4 is 17.7 Å². The van der Waals surface area contributed by atoms with E-state index in [2.05, 4.69) is 0 Å². The first-order valence-corrected chi connectivity index (χ1v) is 10.7. The molecule has 2 aromatic carbocycles. The molecule has 0 saturated carbocycles. The molecule has 1 heterocycles. The highest BCUT2D eigenvalue weighted by molar-refractivity contribution is 6.09. The summed E-state index contributed by atoms with van der Waals surface area (Å²) in [7, 11) is 0. The van der Waals surface area contributed by atoms with E-state index in [1.807, 2.05) is 36.9 Å². The Labute approximate surface area is 183 Å². The SMILES string of the molecule is C[C@@H]1CCC[C@H](C)N1C(=O)[C@@H](C)OC(=O)COc1ccc(C(=O)c2ccccc2)cc1. The Balaban J connectivity index is 1.50. The Bertz CT molecular complexity index is 899. The number of likely N-dealkylation sites (tertiary alicyclic amines) is 1. The highest BCUT2D eigenvalue weighted by atomic mass is 16.6. The number of benzene rings is 2. The molecule has 1 saturated heterocycles. The Hall–Kier alpha value is -3.15. The normalized spacial score (nSPS) is 19.4. The molecule has 6 nitrogen and oxygen atoms in total. The lowest BCUT2D eigenvalue weighted by Crippen LogP contribution is -2.51. The second-order valence-corrected chi connectivity index (χ2v) is 8.01. The van der Waals surface area contributed by atoms with Gasteiger partial charge >= 0.3 is 5.97 Å². The van der Waals surface area contributed by atoms with Gasteiger partial charge in [0.05, 0.1) is 0 Å². The van der Waals surface area contributed by atoms with Crippen LogP contribution < -0.4 is 4.74 Å². The molecule has 1 fully saturated rings. The molecule has 0 bridgehead atoms. The number of ketones is 1. The van der Waals surface area contributed by atoms with Gasteiger partial charge in [0.1, 0.15) is 5.75 Å². The minimum atomic E-state index is -0.857. The maximum atomic E-state index is 12.7. The lowest BCUT2D eigenvalue weighted by Gasteiger charge is -2.40. The van der Waals surface area contributed by atoms with E-state index >= 15 is 0 Å². The van der Waals surface area contributed by atoms with E-state index in [1.165, 1.54) is 0 Å². The lowest BCUT2D eigenvalue weighted by molar-refractivity contribution is -0.163. The fraction of sp³-hybridized carbons (Fsp3) is 0.400. The van der Waals surface area contributed by atoms with Crippen molar-refractivity contribution < 1.29 is 23.9 Å². The number of amides is 1. The fourth-order valence-electron chi connectivity index (χ4n) is 3.95. The summed E-state index contributed by atoms with van der Waals surface area (Å²) in [5.74, 6) is -0.418. The molecule has 1 aliphatic heterocycles. The van der Waals surface area contributed by atoms with Gasteiger partial charge in [0.15, 0.2) is 18.5 Å². The van der Waals surface area contributed by atoms with E-state index in [0.29, 0.717) is 16.9 Å². The third kappa shape index (κ3) is 5.72. The first kappa shape index (κ1) is 22.5. The number of hydrogen-bond acceptors (Lipinski definition) is 5. The average molecular weight is 424 g/mol. The van der Waals surface area contributed by atoms with Gasteiger partial charge in [-0.2, -0.15) is 0 Å². The molecular formula is C25H29NO5. The summed E-state index contributed by atoms with van der Waals surface area (Å²) in [5.41, 5.74) is 1.14. The molecule has 0 aromatic heterocycles. The second-order valence-electron chi connectivity index (χ2n) is 8.01. The minimum absolute atomic E-state index is 0.0833. The van der Waals surface area contributed by atoms with Crippen LogP contribution in [0, 0.1) is 0 Å². The monoisotopic (exact) mass is 423 g/mol. The van der Waals surface area contributed by atoms with Crippen LogP contribution in [0.25, 0.3) is 0 Å². The molecule has 0 aliphatic carbocycles. The van der Waals surface area contributed by atoms with Gasteiger partial charge in [-0.25, -0.2) is 4.79 Å². The second kappa shape index (κ2) is 10.2. The quantitative estimate of drug-likeness (QED) is 0.497. The lowest BCUT2D eigenvalue weighted by atomic mass is 9.97. The van der Waals surface area contributed by atoms with E-state index < -0.39 is 12.1 Å². The average Bonchev–Trinajstić information content (AvgIpc) is 2.78. The van der Waals surface area contributed by atoms with Gasteiger partial charge in [-0.3, -0.25) is 9.59 Å². The van der Waals surface area contributed by atoms with Crippen LogP contribution in [0.15, 0.2) is 54.6 Å². The molecule has 3 atom stereocenters. The molecular weight excluding hydrogens is 394 g/mol. The minimum Gasteiger partial charge on any atom is -0.482 e. The number of piperidine rings is 1. The van der Waals surface area contributed by atoms with Crippen molar-refractivity contribution in [3.63, 3.8) is 0 Å². The zero-order valence-corrected chi connectivity index (χ0v) is 18.2. The van der Waals surface area contributed by atoms with Crippen LogP contribution in [0.3, 0.4) is 0 Å². The van der Waals surface area contributed by atoms with Crippen LogP contribution in [0.2, 0.25) is 0 Å². The number of nitrogens with zero attached hydrogens (tertiary/aromatic N) is 1. The summed E-state index contributed by atoms with van der Waals surface area (Å²) in [5, 5.41) is 0. The third-order valence-corrected chi connectivity index (χ3v) is 5.61. The Morgan fingerprint density at radius 2 is 1.52 bits per heavy atom. The highest BCUT2D eigenvalue weighted by Gasteiger charge is 2.33. The fourth-order valence-corrected chi connectivity index (χ4v) is 3.95. The van der Waals surface area contributed by atoms with Crippen molar-refractivity contribution in [3.05, 3.63) is 65.7 Å². The number of ether oxygens (including phenoxy) is 2. The van der Waals surface area contributed by atoms with Gasteiger partial charge in [0.25, 0.3) is 5.91 Å². The maximum absolute atomic E-state index is 12.7. The zero-order chi connectivity index (χ0) is 22.4. The van der Waals surface area contributed by atoms with Crippen LogP contribution in [-0.2, 0) is 14.3 Å². The number of carbonyl (C=O) groups is 3. The van der Waals surface area contributed by atoms with E-state index in [0.717, 1.165) is 19.3 Å². The van der Waals surface area contributed by atoms with Crippen LogP contribution in [-0.4, -0.2) is 47.4 Å². The van der Waals surface area contributed by atoms with Crippen LogP contribution in [0.5, 0.6) is 5.75 Å². The first-order chi connectivity index (χ1) is 14.9. The van der Waals surface area contributed by atoms with E-state index in [1.54, 1.807) is 43.3 Å². The van der Waals surface area contributed by atoms with Crippen LogP contribution in [0.1, 0.15) is 56.0 Å². The predicted molar refractivity (Wildman–Crippen MR) is 117 cm³/mol. The molecule has 1 amide bonds. The molecule has 0 radical (unpaired) electrons. The number of carbonyl (C=O) groups excluding carboxylic acids is 3. The summed E-state index contributed by atoms with van der Waals surface area (Å²) in [4.78, 5) is 39.1. The van der Waals surface area contributed by atoms with Gasteiger partial charge in [-0.05, 0) is 64.3 Å². The number of esters is 1. The largest absolute Gasteiger partial charge is 0.482 e. The standard InChI is InChI=1S/C25H29NO5/c1-17-8-7-9-18(2)26(17)25(29)19(3)31-23(27)16-30-22-14-12-21(13-15-22)24(28)20-10-5-4-6-11-20/h4-6,10-15,17-19H,7-9,16H2,1-3H3/t17-,18+,19-/m1/s1. The first-order valence-electron chi connectivity index (χ1n) is 10.7. The molecule has 1 aliphatic rings. The number of hydrogen-bond donors (Lipinski definition) is 0. The summed E-state index contributed by atoms with van der Waals surface area (Å²) in [6.07, 6.45) is 2.17. The van der Waals surface area contributed by atoms with Gasteiger partial charge in [0, 0.05) is 23.2 Å². The molecule has 31 heavy (non-hydrogen) atoms. The van der Waals surface area contributed by atoms with Crippen molar-refractivity contribution in [1.82, 2.24) is 4.90 Å². The van der Waals surface area contributed by atoms with Gasteiger partial charge in [-0.15, -0.1) is 0 Å². The summed E-state index contributed by atoms with van der Waals surface area (Å²) in [6, 6.07) is 15.9. The van der Waals surface area contributed by atoms with Gasteiger partial charge < -0.3 is 14.4 Å². The molecule has 164 valence electrons. The zero-order valence-electron chi connectivity index (χ0n) is 18.2. The van der Waals surface area contributed by atoms with E-state index in [4.69, 9.17) is 9.47 Å². The Kier molecular flexibility index (Phi) is 7.45. The molecule has 6 heteroatoms. The van der Waals surface area contributed by atoms with Gasteiger partial charge in [-0.1, -0.05) is 30.3 Å². The molecule has 0 unspecified atom stereocenters. The van der Waals surface area contributed by atoms with Gasteiger partial charge in [0.2, 0.25) is 0 Å². The van der Waals surface area contributed by atoms with E-state index in [9.17, 15) is 14.4 Å². The van der Waals surface area contributed by atoms with Crippen molar-refractivity contribution in [2.24, 2.45) is 0 Å². The third-order valence-electron chi connectivity index (χ3n) is 5.61. The maximum Gasteiger partial charge on any atom is 0.344 e. The highest BCUT2D eigenvalue weighted by Crippen LogP contribution is 2.24. The predicted octanol–water partition coefficient (Wildman–Crippen LogP) is 4.02. The molecule has 2 aromatic rings. The van der Waals surface area contributed by atoms with E-state index in [-0.39, 0.29) is 30.4 Å². The van der Waals surface area contributed by atoms with Crippen LogP contribution >= 0.6 is 0 Å². The Morgan fingerprint density at radius 1 is 0.935 bits per heavy atom. The Morgan fingerprint density at radius 3 is 2.13 bits per heavy atom. The topological polar surface area (TPSA) is 72.9 Å². The smallest absolute Gasteiger partial charge is 0.344 e. The summed E-state index contributed by atoms with van der Waals surface area (Å²) >= 11 is 0. The van der Waals surface area contributed by atoms with Crippen LogP contribution in [0.4, 0.5) is 0 Å².